The minimum absolute atomic E-state index is 0.212. The Hall–Kier alpha value is -2.58. The van der Waals surface area contributed by atoms with Crippen LogP contribution in [0.15, 0.2) is 78.9 Å². The molecule has 3 heteroatoms. The Morgan fingerprint density at radius 3 is 2.11 bits per heavy atom. The van der Waals surface area contributed by atoms with Crippen LogP contribution in [0.25, 0.3) is 0 Å². The molecular weight excluding hydrogens is 368 g/mol. The molecule has 0 radical (unpaired) electrons. The molecule has 144 valence electrons. The van der Waals surface area contributed by atoms with E-state index >= 15 is 0 Å². The van der Waals surface area contributed by atoms with Gasteiger partial charge in [0.1, 0.15) is 0 Å². The molecule has 28 heavy (non-hydrogen) atoms. The number of hydrogen-bond donors (Lipinski definition) is 0. The number of hydrogen-bond acceptors (Lipinski definition) is 2. The van der Waals surface area contributed by atoms with Gasteiger partial charge in [-0.2, -0.15) is 0 Å². The summed E-state index contributed by atoms with van der Waals surface area (Å²) in [6.45, 7) is 5.91. The number of ether oxygens (including phenoxy) is 1. The average molecular weight is 393 g/mol. The largest absolute Gasteiger partial charge is 0.444 e. The first-order valence-corrected chi connectivity index (χ1v) is 9.97. The molecule has 3 aromatic carbocycles. The zero-order chi connectivity index (χ0) is 20.1. The predicted octanol–water partition coefficient (Wildman–Crippen LogP) is 6.53. The van der Waals surface area contributed by atoms with E-state index in [9.17, 15) is 4.79 Å². The SMILES string of the molecule is CCC(C)C(=O)OC(c1ccccc1)(c1ccc(C)cc1)c1ccccc1Cl. The molecule has 2 nitrogen and oxygen atoms in total. The summed E-state index contributed by atoms with van der Waals surface area (Å²) in [5.41, 5.74) is 2.51. The third kappa shape index (κ3) is 3.83. The molecule has 0 aromatic heterocycles. The van der Waals surface area contributed by atoms with Crippen molar-refractivity contribution < 1.29 is 9.53 Å². The van der Waals surface area contributed by atoms with Crippen LogP contribution < -0.4 is 0 Å². The van der Waals surface area contributed by atoms with Crippen molar-refractivity contribution in [2.45, 2.75) is 32.8 Å². The van der Waals surface area contributed by atoms with Crippen LogP contribution in [0.4, 0.5) is 0 Å². The molecule has 0 heterocycles. The van der Waals surface area contributed by atoms with E-state index in [1.54, 1.807) is 0 Å². The number of carbonyl (C=O) groups is 1. The van der Waals surface area contributed by atoms with E-state index in [1.807, 2.05) is 99.6 Å². The van der Waals surface area contributed by atoms with E-state index in [2.05, 4.69) is 0 Å². The van der Waals surface area contributed by atoms with Crippen molar-refractivity contribution >= 4 is 17.6 Å². The standard InChI is InChI=1S/C25H25ClO2/c1-4-19(3)24(27)28-25(20-10-6-5-7-11-20,21-16-14-18(2)15-17-21)22-12-8-9-13-23(22)26/h5-17,19H,4H2,1-3H3. The molecule has 3 rings (SSSR count). The second-order valence-corrected chi connectivity index (χ2v) is 7.53. The lowest BCUT2D eigenvalue weighted by Crippen LogP contribution is -2.37. The summed E-state index contributed by atoms with van der Waals surface area (Å²) < 4.78 is 6.35. The van der Waals surface area contributed by atoms with Crippen molar-refractivity contribution in [1.29, 1.82) is 0 Å². The van der Waals surface area contributed by atoms with Crippen molar-refractivity contribution in [2.75, 3.05) is 0 Å². The van der Waals surface area contributed by atoms with Crippen LogP contribution in [-0.2, 0) is 15.1 Å². The summed E-state index contributed by atoms with van der Waals surface area (Å²) in [5.74, 6) is -0.456. The normalized spacial score (nSPS) is 14.1. The summed E-state index contributed by atoms with van der Waals surface area (Å²) >= 11 is 6.65. The fourth-order valence-electron chi connectivity index (χ4n) is 3.28. The molecule has 3 aromatic rings. The number of benzene rings is 3. The van der Waals surface area contributed by atoms with Gasteiger partial charge in [0.25, 0.3) is 0 Å². The summed E-state index contributed by atoms with van der Waals surface area (Å²) in [6, 6.07) is 25.5. The summed E-state index contributed by atoms with van der Waals surface area (Å²) in [7, 11) is 0. The molecule has 0 aliphatic heterocycles. The van der Waals surface area contributed by atoms with Crippen LogP contribution in [0.3, 0.4) is 0 Å². The monoisotopic (exact) mass is 392 g/mol. The second kappa shape index (κ2) is 8.62. The van der Waals surface area contributed by atoms with Gasteiger partial charge in [-0.25, -0.2) is 0 Å². The lowest BCUT2D eigenvalue weighted by Gasteiger charge is -2.36. The lowest BCUT2D eigenvalue weighted by molar-refractivity contribution is -0.158. The van der Waals surface area contributed by atoms with Crippen LogP contribution >= 0.6 is 11.6 Å². The molecule has 0 saturated heterocycles. The Balaban J connectivity index is 2.33. The molecule has 0 fully saturated rings. The molecule has 2 unspecified atom stereocenters. The van der Waals surface area contributed by atoms with Gasteiger partial charge >= 0.3 is 5.97 Å². The van der Waals surface area contributed by atoms with E-state index < -0.39 is 5.60 Å². The molecule has 0 N–H and O–H groups in total. The first-order chi connectivity index (χ1) is 13.5. The van der Waals surface area contributed by atoms with Gasteiger partial charge in [-0.1, -0.05) is 104 Å². The molecular formula is C25H25ClO2. The summed E-state index contributed by atoms with van der Waals surface area (Å²) in [5, 5.41) is 0.559. The Morgan fingerprint density at radius 2 is 1.50 bits per heavy atom. The van der Waals surface area contributed by atoms with Crippen molar-refractivity contribution in [1.82, 2.24) is 0 Å². The number of carbonyl (C=O) groups excluding carboxylic acids is 1. The first kappa shape index (κ1) is 20.2. The van der Waals surface area contributed by atoms with Crippen LogP contribution in [0.5, 0.6) is 0 Å². The minimum Gasteiger partial charge on any atom is -0.444 e. The highest BCUT2D eigenvalue weighted by atomic mass is 35.5. The van der Waals surface area contributed by atoms with Gasteiger partial charge in [-0.3, -0.25) is 4.79 Å². The van der Waals surface area contributed by atoms with Gasteiger partial charge in [-0.05, 0) is 19.4 Å². The van der Waals surface area contributed by atoms with Gasteiger partial charge in [0, 0.05) is 21.7 Å². The summed E-state index contributed by atoms with van der Waals surface area (Å²) in [4.78, 5) is 13.0. The van der Waals surface area contributed by atoms with Crippen LogP contribution in [0.1, 0.15) is 42.5 Å². The topological polar surface area (TPSA) is 26.3 Å². The minimum atomic E-state index is -1.12. The molecule has 0 aliphatic rings. The van der Waals surface area contributed by atoms with Crippen molar-refractivity contribution in [3.8, 4) is 0 Å². The van der Waals surface area contributed by atoms with E-state index in [-0.39, 0.29) is 11.9 Å². The average Bonchev–Trinajstić information content (AvgIpc) is 2.73. The van der Waals surface area contributed by atoms with E-state index in [1.165, 1.54) is 0 Å². The Labute approximate surface area is 172 Å². The van der Waals surface area contributed by atoms with E-state index in [0.717, 1.165) is 22.3 Å². The van der Waals surface area contributed by atoms with E-state index in [4.69, 9.17) is 16.3 Å². The van der Waals surface area contributed by atoms with Crippen molar-refractivity contribution in [2.24, 2.45) is 5.92 Å². The number of halogens is 1. The van der Waals surface area contributed by atoms with Gasteiger partial charge < -0.3 is 4.74 Å². The van der Waals surface area contributed by atoms with Gasteiger partial charge in [0.15, 0.2) is 5.60 Å². The van der Waals surface area contributed by atoms with Crippen LogP contribution in [0.2, 0.25) is 5.02 Å². The highest BCUT2D eigenvalue weighted by Gasteiger charge is 2.42. The summed E-state index contributed by atoms with van der Waals surface area (Å²) in [6.07, 6.45) is 0.708. The van der Waals surface area contributed by atoms with Crippen molar-refractivity contribution in [3.05, 3.63) is 106 Å². The first-order valence-electron chi connectivity index (χ1n) is 9.59. The van der Waals surface area contributed by atoms with Crippen LogP contribution in [-0.4, -0.2) is 5.97 Å². The quantitative estimate of drug-likeness (QED) is 0.352. The third-order valence-electron chi connectivity index (χ3n) is 5.16. The maximum atomic E-state index is 13.0. The van der Waals surface area contributed by atoms with Gasteiger partial charge in [0.05, 0.1) is 5.92 Å². The van der Waals surface area contributed by atoms with Gasteiger partial charge in [-0.15, -0.1) is 0 Å². The van der Waals surface area contributed by atoms with Crippen LogP contribution in [0, 0.1) is 12.8 Å². The molecule has 2 atom stereocenters. The molecule has 0 aliphatic carbocycles. The number of esters is 1. The van der Waals surface area contributed by atoms with Gasteiger partial charge in [0.2, 0.25) is 0 Å². The fourth-order valence-corrected chi connectivity index (χ4v) is 3.55. The zero-order valence-corrected chi connectivity index (χ0v) is 17.2. The third-order valence-corrected chi connectivity index (χ3v) is 5.49. The molecule has 0 amide bonds. The smallest absolute Gasteiger partial charge is 0.310 e. The highest BCUT2D eigenvalue weighted by Crippen LogP contribution is 2.44. The Bertz CT molecular complexity index is 934. The van der Waals surface area contributed by atoms with E-state index in [0.29, 0.717) is 11.4 Å². The second-order valence-electron chi connectivity index (χ2n) is 7.12. The number of aryl methyl sites for hydroxylation is 1. The predicted molar refractivity (Wildman–Crippen MR) is 115 cm³/mol. The fraction of sp³-hybridized carbons (Fsp3) is 0.240. The highest BCUT2D eigenvalue weighted by molar-refractivity contribution is 6.31. The maximum absolute atomic E-state index is 13.0. The lowest BCUT2D eigenvalue weighted by atomic mass is 9.79. The maximum Gasteiger partial charge on any atom is 0.310 e. The number of rotatable bonds is 6. The molecule has 0 spiro atoms. The Kier molecular flexibility index (Phi) is 6.21. The molecule has 0 saturated carbocycles. The van der Waals surface area contributed by atoms with Crippen molar-refractivity contribution in [3.63, 3.8) is 0 Å². The Morgan fingerprint density at radius 1 is 0.929 bits per heavy atom. The zero-order valence-electron chi connectivity index (χ0n) is 16.5. The molecule has 0 bridgehead atoms.